The first-order chi connectivity index (χ1) is 10.1. The van der Waals surface area contributed by atoms with Crippen LogP contribution in [-0.2, 0) is 10.8 Å². The topological polar surface area (TPSA) is 12.0 Å². The Balaban J connectivity index is 2.00. The quantitative estimate of drug-likeness (QED) is 0.509. The highest BCUT2D eigenvalue weighted by atomic mass is 32.2. The Kier molecular flexibility index (Phi) is 3.56. The Labute approximate surface area is 138 Å². The lowest BCUT2D eigenvalue weighted by Gasteiger charge is -2.27. The van der Waals surface area contributed by atoms with Crippen LogP contribution in [0, 0.1) is 0 Å². The van der Waals surface area contributed by atoms with E-state index in [9.17, 15) is 0 Å². The zero-order valence-electron chi connectivity index (χ0n) is 14.4. The molecule has 2 aromatic carbocycles. The second-order valence-corrected chi connectivity index (χ2v) is 9.23. The van der Waals surface area contributed by atoms with Gasteiger partial charge in [-0.05, 0) is 46.2 Å². The van der Waals surface area contributed by atoms with E-state index in [2.05, 4.69) is 83.3 Å². The van der Waals surface area contributed by atoms with Crippen LogP contribution in [0.5, 0.6) is 0 Å². The maximum Gasteiger partial charge on any atom is 0.0526 e. The fourth-order valence-corrected chi connectivity index (χ4v) is 3.68. The van der Waals surface area contributed by atoms with Crippen molar-refractivity contribution in [3.63, 3.8) is 0 Å². The van der Waals surface area contributed by atoms with Crippen LogP contribution in [0.15, 0.2) is 46.2 Å². The molecule has 0 saturated carbocycles. The smallest absolute Gasteiger partial charge is 0.0526 e. The highest BCUT2D eigenvalue weighted by Crippen LogP contribution is 2.46. The van der Waals surface area contributed by atoms with Crippen molar-refractivity contribution in [3.8, 4) is 0 Å². The first kappa shape index (κ1) is 15.5. The summed E-state index contributed by atoms with van der Waals surface area (Å²) in [6.45, 7) is 13.6. The molecule has 1 aliphatic rings. The highest BCUT2D eigenvalue weighted by Gasteiger charge is 2.22. The average Bonchev–Trinajstić information content (AvgIpc) is 2.41. The number of fused-ring (bicyclic) bond motifs is 2. The Morgan fingerprint density at radius 1 is 0.682 bits per heavy atom. The van der Waals surface area contributed by atoms with Gasteiger partial charge in [-0.25, -0.2) is 0 Å². The summed E-state index contributed by atoms with van der Waals surface area (Å²) < 4.78 is 0. The molecule has 116 valence electrons. The Hall–Kier alpha value is -1.41. The third-order valence-electron chi connectivity index (χ3n) is 4.18. The Bertz CT molecular complexity index is 656. The third kappa shape index (κ3) is 2.89. The lowest BCUT2D eigenvalue weighted by atomic mass is 9.87. The Morgan fingerprint density at radius 3 is 1.45 bits per heavy atom. The fraction of sp³-hybridized carbons (Fsp3) is 0.400. The molecule has 0 spiro atoms. The predicted molar refractivity (Wildman–Crippen MR) is 97.7 cm³/mol. The van der Waals surface area contributed by atoms with Crippen LogP contribution < -0.4 is 5.32 Å². The van der Waals surface area contributed by atoms with E-state index < -0.39 is 0 Å². The summed E-state index contributed by atoms with van der Waals surface area (Å²) in [6.07, 6.45) is 0. The summed E-state index contributed by atoms with van der Waals surface area (Å²) in [5, 5.41) is 3.58. The van der Waals surface area contributed by atoms with Gasteiger partial charge < -0.3 is 5.32 Å². The van der Waals surface area contributed by atoms with Crippen molar-refractivity contribution in [1.82, 2.24) is 0 Å². The molecule has 0 aliphatic carbocycles. The van der Waals surface area contributed by atoms with Gasteiger partial charge >= 0.3 is 0 Å². The van der Waals surface area contributed by atoms with Crippen molar-refractivity contribution in [2.75, 3.05) is 5.32 Å². The molecule has 1 heterocycles. The van der Waals surface area contributed by atoms with Crippen molar-refractivity contribution in [1.29, 1.82) is 0 Å². The molecule has 22 heavy (non-hydrogen) atoms. The molecule has 0 fully saturated rings. The van der Waals surface area contributed by atoms with Gasteiger partial charge in [0.2, 0.25) is 0 Å². The first-order valence-corrected chi connectivity index (χ1v) is 8.70. The van der Waals surface area contributed by atoms with Gasteiger partial charge in [-0.15, -0.1) is 0 Å². The van der Waals surface area contributed by atoms with Crippen molar-refractivity contribution in [2.24, 2.45) is 0 Å². The molecular weight excluding hydrogens is 286 g/mol. The van der Waals surface area contributed by atoms with Crippen molar-refractivity contribution >= 4 is 23.1 Å². The van der Waals surface area contributed by atoms with Crippen LogP contribution in [0.4, 0.5) is 11.4 Å². The molecule has 0 aromatic heterocycles. The number of hydrogen-bond donors (Lipinski definition) is 1. The van der Waals surface area contributed by atoms with Gasteiger partial charge in [0.1, 0.15) is 0 Å². The van der Waals surface area contributed by atoms with Crippen LogP contribution in [-0.4, -0.2) is 0 Å². The normalized spacial score (nSPS) is 14.1. The van der Waals surface area contributed by atoms with Gasteiger partial charge in [-0.3, -0.25) is 0 Å². The van der Waals surface area contributed by atoms with Gasteiger partial charge in [0.05, 0.1) is 11.4 Å². The molecule has 1 aliphatic heterocycles. The van der Waals surface area contributed by atoms with E-state index in [4.69, 9.17) is 0 Å². The lowest BCUT2D eigenvalue weighted by molar-refractivity contribution is 0.588. The van der Waals surface area contributed by atoms with Crippen LogP contribution in [0.3, 0.4) is 0 Å². The molecule has 0 unspecified atom stereocenters. The van der Waals surface area contributed by atoms with Crippen molar-refractivity contribution in [2.45, 2.75) is 62.2 Å². The van der Waals surface area contributed by atoms with Gasteiger partial charge in [-0.2, -0.15) is 0 Å². The molecule has 3 rings (SSSR count). The van der Waals surface area contributed by atoms with Crippen molar-refractivity contribution in [3.05, 3.63) is 47.5 Å². The van der Waals surface area contributed by atoms with E-state index in [0.29, 0.717) is 0 Å². The van der Waals surface area contributed by atoms with E-state index in [-0.39, 0.29) is 10.8 Å². The molecule has 0 atom stereocenters. The van der Waals surface area contributed by atoms with E-state index in [1.165, 1.54) is 32.3 Å². The minimum Gasteiger partial charge on any atom is -0.354 e. The monoisotopic (exact) mass is 311 g/mol. The third-order valence-corrected chi connectivity index (χ3v) is 5.30. The number of nitrogens with one attached hydrogen (secondary N) is 1. The predicted octanol–water partition coefficient (Wildman–Crippen LogP) is 6.49. The molecule has 0 amide bonds. The minimum absolute atomic E-state index is 0.184. The number of hydrogen-bond acceptors (Lipinski definition) is 2. The van der Waals surface area contributed by atoms with E-state index in [0.717, 1.165) is 0 Å². The molecule has 0 saturated heterocycles. The average molecular weight is 311 g/mol. The van der Waals surface area contributed by atoms with E-state index >= 15 is 0 Å². The minimum atomic E-state index is 0.184. The number of rotatable bonds is 0. The zero-order valence-corrected chi connectivity index (χ0v) is 15.2. The Morgan fingerprint density at radius 2 is 1.09 bits per heavy atom. The van der Waals surface area contributed by atoms with E-state index in [1.54, 1.807) is 0 Å². The summed E-state index contributed by atoms with van der Waals surface area (Å²) in [5.41, 5.74) is 5.57. The van der Waals surface area contributed by atoms with Crippen LogP contribution in [0.1, 0.15) is 52.7 Å². The first-order valence-electron chi connectivity index (χ1n) is 7.88. The summed E-state index contributed by atoms with van der Waals surface area (Å²) in [5.74, 6) is 0. The van der Waals surface area contributed by atoms with Gasteiger partial charge in [0.25, 0.3) is 0 Å². The number of benzene rings is 2. The standard InChI is InChI=1S/C20H25NS/c1-19(2,3)13-7-9-15-17(11-13)22-18-12-14(20(4,5)6)8-10-16(18)21-15/h7-12,21H,1-6H3. The molecule has 2 aromatic rings. The second-order valence-electron chi connectivity index (χ2n) is 8.15. The summed E-state index contributed by atoms with van der Waals surface area (Å²) in [7, 11) is 0. The molecule has 1 nitrogen and oxygen atoms in total. The van der Waals surface area contributed by atoms with Crippen LogP contribution in [0.2, 0.25) is 0 Å². The molecular formula is C20H25NS. The molecule has 1 N–H and O–H groups in total. The molecule has 2 heteroatoms. The largest absolute Gasteiger partial charge is 0.354 e. The molecule has 0 radical (unpaired) electrons. The molecule has 0 bridgehead atoms. The highest BCUT2D eigenvalue weighted by molar-refractivity contribution is 7.99. The summed E-state index contributed by atoms with van der Waals surface area (Å²) in [4.78, 5) is 2.65. The lowest BCUT2D eigenvalue weighted by Crippen LogP contribution is -2.13. The summed E-state index contributed by atoms with van der Waals surface area (Å²) in [6, 6.07) is 13.6. The van der Waals surface area contributed by atoms with Gasteiger partial charge in [0.15, 0.2) is 0 Å². The zero-order chi connectivity index (χ0) is 16.1. The summed E-state index contributed by atoms with van der Waals surface area (Å²) >= 11 is 1.88. The van der Waals surface area contributed by atoms with Crippen LogP contribution >= 0.6 is 11.8 Å². The van der Waals surface area contributed by atoms with Gasteiger partial charge in [-0.1, -0.05) is 65.4 Å². The number of anilines is 2. The maximum absolute atomic E-state index is 3.58. The fourth-order valence-electron chi connectivity index (χ4n) is 2.62. The van der Waals surface area contributed by atoms with Gasteiger partial charge in [0, 0.05) is 9.79 Å². The van der Waals surface area contributed by atoms with Crippen LogP contribution in [0.25, 0.3) is 0 Å². The van der Waals surface area contributed by atoms with Crippen molar-refractivity contribution < 1.29 is 0 Å². The second kappa shape index (κ2) is 5.06. The SMILES string of the molecule is CC(C)(C)c1ccc2c(c1)Sc1cc(C(C)(C)C)ccc1N2. The van der Waals surface area contributed by atoms with E-state index in [1.807, 2.05) is 11.8 Å². The maximum atomic E-state index is 3.58.